The fourth-order valence-corrected chi connectivity index (χ4v) is 2.79. The summed E-state index contributed by atoms with van der Waals surface area (Å²) < 4.78 is 7.99. The van der Waals surface area contributed by atoms with E-state index in [0.29, 0.717) is 6.42 Å². The number of ether oxygens (including phenoxy) is 1. The van der Waals surface area contributed by atoms with Crippen LogP contribution in [0.1, 0.15) is 37.3 Å². The summed E-state index contributed by atoms with van der Waals surface area (Å²) in [6.07, 6.45) is 1.58. The second kappa shape index (κ2) is 6.41. The number of nitrogens with zero attached hydrogens (tertiary/aromatic N) is 2. The van der Waals surface area contributed by atoms with Gasteiger partial charge in [-0.1, -0.05) is 18.2 Å². The molecule has 0 saturated carbocycles. The number of methoxy groups -OCH3 is 1. The van der Waals surface area contributed by atoms with Crippen LogP contribution in [0.5, 0.6) is 5.75 Å². The van der Waals surface area contributed by atoms with Crippen molar-refractivity contribution >= 4 is 15.9 Å². The van der Waals surface area contributed by atoms with E-state index in [1.165, 1.54) is 0 Å². The molecule has 5 heteroatoms. The molecule has 0 aliphatic rings. The number of halogens is 1. The lowest BCUT2D eigenvalue weighted by Crippen LogP contribution is -2.13. The molecule has 4 nitrogen and oxygen atoms in total. The van der Waals surface area contributed by atoms with Gasteiger partial charge in [-0.3, -0.25) is 4.68 Å². The summed E-state index contributed by atoms with van der Waals surface area (Å²) >= 11 is 3.46. The number of benzene rings is 1. The monoisotopic (exact) mass is 338 g/mol. The van der Waals surface area contributed by atoms with Crippen molar-refractivity contribution in [1.82, 2.24) is 9.78 Å². The minimum atomic E-state index is -0.634. The summed E-state index contributed by atoms with van der Waals surface area (Å²) in [6, 6.07) is 7.93. The van der Waals surface area contributed by atoms with E-state index < -0.39 is 6.10 Å². The standard InChI is InChI=1S/C15H19BrN2O2/c1-10(2)18-15(12(16)9-17-18)13(19)8-11-6-4-5-7-14(11)20-3/h4-7,9-10,13,19H,8H2,1-3H3. The first-order chi connectivity index (χ1) is 9.54. The zero-order valence-electron chi connectivity index (χ0n) is 11.9. The lowest BCUT2D eigenvalue weighted by molar-refractivity contribution is 0.163. The highest BCUT2D eigenvalue weighted by molar-refractivity contribution is 9.10. The Morgan fingerprint density at radius 3 is 2.70 bits per heavy atom. The molecule has 0 spiro atoms. The van der Waals surface area contributed by atoms with Crippen LogP contribution >= 0.6 is 15.9 Å². The summed E-state index contributed by atoms with van der Waals surface area (Å²) in [5.74, 6) is 0.790. The first-order valence-corrected chi connectivity index (χ1v) is 7.36. The molecule has 1 aromatic heterocycles. The van der Waals surface area contributed by atoms with Crippen molar-refractivity contribution in [1.29, 1.82) is 0 Å². The molecule has 1 aromatic carbocycles. The molecule has 1 atom stereocenters. The van der Waals surface area contributed by atoms with E-state index in [4.69, 9.17) is 4.74 Å². The zero-order chi connectivity index (χ0) is 14.7. The predicted octanol–water partition coefficient (Wildman–Crippen LogP) is 3.51. The molecule has 0 amide bonds. The van der Waals surface area contributed by atoms with E-state index in [0.717, 1.165) is 21.5 Å². The van der Waals surface area contributed by atoms with Crippen LogP contribution in [0.3, 0.4) is 0 Å². The van der Waals surface area contributed by atoms with Gasteiger partial charge in [0.2, 0.25) is 0 Å². The molecule has 108 valence electrons. The Labute approximate surface area is 127 Å². The number of rotatable bonds is 5. The topological polar surface area (TPSA) is 47.3 Å². The summed E-state index contributed by atoms with van der Waals surface area (Å²) in [6.45, 7) is 4.08. The van der Waals surface area contributed by atoms with E-state index in [-0.39, 0.29) is 6.04 Å². The minimum Gasteiger partial charge on any atom is -0.496 e. The second-order valence-electron chi connectivity index (χ2n) is 4.95. The lowest BCUT2D eigenvalue weighted by Gasteiger charge is -2.17. The maximum Gasteiger partial charge on any atom is 0.122 e. The molecule has 1 unspecified atom stereocenters. The van der Waals surface area contributed by atoms with Crippen LogP contribution in [-0.4, -0.2) is 22.0 Å². The Bertz CT molecular complexity index is 581. The fourth-order valence-electron chi connectivity index (χ4n) is 2.25. The van der Waals surface area contributed by atoms with Crippen molar-refractivity contribution in [3.63, 3.8) is 0 Å². The summed E-state index contributed by atoms with van der Waals surface area (Å²) in [7, 11) is 1.64. The maximum atomic E-state index is 10.5. The molecular weight excluding hydrogens is 320 g/mol. The van der Waals surface area contributed by atoms with Crippen molar-refractivity contribution in [2.75, 3.05) is 7.11 Å². The first kappa shape index (κ1) is 15.1. The fraction of sp³-hybridized carbons (Fsp3) is 0.400. The van der Waals surface area contributed by atoms with Gasteiger partial charge in [-0.05, 0) is 41.4 Å². The van der Waals surface area contributed by atoms with Gasteiger partial charge in [0.15, 0.2) is 0 Å². The van der Waals surface area contributed by atoms with E-state index in [9.17, 15) is 5.11 Å². The smallest absolute Gasteiger partial charge is 0.122 e. The molecule has 2 rings (SSSR count). The number of hydrogen-bond acceptors (Lipinski definition) is 3. The Kier molecular flexibility index (Phi) is 4.83. The molecule has 1 N–H and O–H groups in total. The number of aromatic nitrogens is 2. The van der Waals surface area contributed by atoms with Crippen LogP contribution in [0.4, 0.5) is 0 Å². The Balaban J connectivity index is 2.28. The van der Waals surface area contributed by atoms with E-state index in [1.54, 1.807) is 13.3 Å². The number of aliphatic hydroxyl groups is 1. The molecule has 1 heterocycles. The average Bonchev–Trinajstić information content (AvgIpc) is 2.81. The Hall–Kier alpha value is -1.33. The van der Waals surface area contributed by atoms with E-state index in [1.807, 2.05) is 42.8 Å². The van der Waals surface area contributed by atoms with Crippen molar-refractivity contribution in [3.8, 4) is 5.75 Å². The SMILES string of the molecule is COc1ccccc1CC(O)c1c(Br)cnn1C(C)C. The van der Waals surface area contributed by atoms with Crippen LogP contribution in [0.15, 0.2) is 34.9 Å². The lowest BCUT2D eigenvalue weighted by atomic mass is 10.0. The number of hydrogen-bond donors (Lipinski definition) is 1. The molecule has 0 radical (unpaired) electrons. The van der Waals surface area contributed by atoms with Crippen molar-refractivity contribution in [2.45, 2.75) is 32.4 Å². The Morgan fingerprint density at radius 1 is 1.35 bits per heavy atom. The van der Waals surface area contributed by atoms with Crippen LogP contribution in [-0.2, 0) is 6.42 Å². The van der Waals surface area contributed by atoms with Gasteiger partial charge in [0.25, 0.3) is 0 Å². The summed E-state index contributed by atoms with van der Waals surface area (Å²) in [5, 5.41) is 14.8. The third-order valence-electron chi connectivity index (χ3n) is 3.20. The van der Waals surface area contributed by atoms with Crippen LogP contribution in [0, 0.1) is 0 Å². The van der Waals surface area contributed by atoms with E-state index in [2.05, 4.69) is 21.0 Å². The molecule has 2 aromatic rings. The minimum absolute atomic E-state index is 0.198. The second-order valence-corrected chi connectivity index (χ2v) is 5.80. The highest BCUT2D eigenvalue weighted by atomic mass is 79.9. The van der Waals surface area contributed by atoms with Crippen molar-refractivity contribution < 1.29 is 9.84 Å². The van der Waals surface area contributed by atoms with Gasteiger partial charge in [0, 0.05) is 12.5 Å². The zero-order valence-corrected chi connectivity index (χ0v) is 13.5. The van der Waals surface area contributed by atoms with Gasteiger partial charge in [-0.2, -0.15) is 5.10 Å². The van der Waals surface area contributed by atoms with Crippen molar-refractivity contribution in [3.05, 3.63) is 46.2 Å². The number of para-hydroxylation sites is 1. The predicted molar refractivity (Wildman–Crippen MR) is 82.0 cm³/mol. The highest BCUT2D eigenvalue weighted by Crippen LogP contribution is 2.30. The summed E-state index contributed by atoms with van der Waals surface area (Å²) in [4.78, 5) is 0. The normalized spacial score (nSPS) is 12.7. The molecular formula is C15H19BrN2O2. The molecule has 0 bridgehead atoms. The molecule has 0 aliphatic carbocycles. The summed E-state index contributed by atoms with van der Waals surface area (Å²) in [5.41, 5.74) is 1.77. The largest absolute Gasteiger partial charge is 0.496 e. The van der Waals surface area contributed by atoms with Gasteiger partial charge in [0.1, 0.15) is 11.9 Å². The molecule has 0 fully saturated rings. The van der Waals surface area contributed by atoms with Crippen molar-refractivity contribution in [2.24, 2.45) is 0 Å². The highest BCUT2D eigenvalue weighted by Gasteiger charge is 2.20. The van der Waals surface area contributed by atoms with Gasteiger partial charge < -0.3 is 9.84 Å². The molecule has 0 aliphatic heterocycles. The number of aliphatic hydroxyl groups excluding tert-OH is 1. The van der Waals surface area contributed by atoms with Gasteiger partial charge in [0.05, 0.1) is 23.5 Å². The third-order valence-corrected chi connectivity index (χ3v) is 3.81. The quantitative estimate of drug-likeness (QED) is 0.907. The van der Waals surface area contributed by atoms with Gasteiger partial charge in [-0.15, -0.1) is 0 Å². The molecule has 0 saturated heterocycles. The van der Waals surface area contributed by atoms with Gasteiger partial charge in [-0.25, -0.2) is 0 Å². The third kappa shape index (κ3) is 3.04. The maximum absolute atomic E-state index is 10.5. The van der Waals surface area contributed by atoms with Crippen LogP contribution in [0.2, 0.25) is 0 Å². The van der Waals surface area contributed by atoms with Crippen LogP contribution in [0.25, 0.3) is 0 Å². The van der Waals surface area contributed by atoms with Gasteiger partial charge >= 0.3 is 0 Å². The average molecular weight is 339 g/mol. The first-order valence-electron chi connectivity index (χ1n) is 6.57. The van der Waals surface area contributed by atoms with Crippen LogP contribution < -0.4 is 4.74 Å². The molecule has 20 heavy (non-hydrogen) atoms. The Morgan fingerprint density at radius 2 is 2.05 bits per heavy atom. The van der Waals surface area contributed by atoms with E-state index >= 15 is 0 Å².